The van der Waals surface area contributed by atoms with Gasteiger partial charge in [0, 0.05) is 45.4 Å². The van der Waals surface area contributed by atoms with Crippen molar-refractivity contribution >= 4 is 0 Å². The van der Waals surface area contributed by atoms with Crippen molar-refractivity contribution in [1.82, 2.24) is 15.1 Å². The molecule has 108 valence electrons. The molecule has 0 aromatic carbocycles. The van der Waals surface area contributed by atoms with Crippen molar-refractivity contribution in [3.05, 3.63) is 0 Å². The second-order valence-electron chi connectivity index (χ2n) is 5.31. The van der Waals surface area contributed by atoms with Crippen LogP contribution in [0.2, 0.25) is 0 Å². The van der Waals surface area contributed by atoms with Gasteiger partial charge in [0.05, 0.1) is 0 Å². The Morgan fingerprint density at radius 1 is 1.06 bits per heavy atom. The molecule has 0 aliphatic carbocycles. The highest BCUT2D eigenvalue weighted by Crippen LogP contribution is 2.05. The van der Waals surface area contributed by atoms with Gasteiger partial charge in [-0.15, -0.1) is 0 Å². The van der Waals surface area contributed by atoms with Crippen molar-refractivity contribution in [3.8, 4) is 0 Å². The van der Waals surface area contributed by atoms with E-state index >= 15 is 0 Å². The van der Waals surface area contributed by atoms with Gasteiger partial charge < -0.3 is 15.3 Å². The zero-order valence-electron chi connectivity index (χ0n) is 12.2. The fourth-order valence-electron chi connectivity index (χ4n) is 2.59. The van der Waals surface area contributed by atoms with Gasteiger partial charge in [0.2, 0.25) is 0 Å². The van der Waals surface area contributed by atoms with Crippen LogP contribution >= 0.6 is 0 Å². The summed E-state index contributed by atoms with van der Waals surface area (Å²) in [7, 11) is 0. The van der Waals surface area contributed by atoms with Crippen LogP contribution in [0.25, 0.3) is 0 Å². The maximum absolute atomic E-state index is 9.11. The number of hydrogen-bond donors (Lipinski definition) is 2. The Bertz CT molecular complexity index is 193. The molecule has 1 aliphatic heterocycles. The van der Waals surface area contributed by atoms with Crippen LogP contribution in [0.4, 0.5) is 0 Å². The molecule has 1 rings (SSSR count). The Morgan fingerprint density at radius 2 is 1.72 bits per heavy atom. The first-order valence-electron chi connectivity index (χ1n) is 7.59. The van der Waals surface area contributed by atoms with E-state index in [4.69, 9.17) is 5.11 Å². The monoisotopic (exact) mass is 257 g/mol. The molecule has 0 radical (unpaired) electrons. The van der Waals surface area contributed by atoms with Crippen molar-refractivity contribution in [2.45, 2.75) is 39.2 Å². The van der Waals surface area contributed by atoms with Gasteiger partial charge in [-0.25, -0.2) is 0 Å². The number of rotatable bonds is 9. The average molecular weight is 257 g/mol. The van der Waals surface area contributed by atoms with E-state index in [0.717, 1.165) is 25.9 Å². The van der Waals surface area contributed by atoms with E-state index in [1.54, 1.807) is 0 Å². The molecule has 1 atom stereocenters. The fourth-order valence-corrected chi connectivity index (χ4v) is 2.59. The molecule has 1 aliphatic rings. The van der Waals surface area contributed by atoms with Gasteiger partial charge in [-0.05, 0) is 32.4 Å². The average Bonchev–Trinajstić information content (AvgIpc) is 2.39. The molecule has 0 saturated carbocycles. The lowest BCUT2D eigenvalue weighted by Crippen LogP contribution is -2.51. The minimum Gasteiger partial charge on any atom is -0.396 e. The molecular weight excluding hydrogens is 226 g/mol. The summed E-state index contributed by atoms with van der Waals surface area (Å²) in [5, 5.41) is 12.6. The van der Waals surface area contributed by atoms with Crippen molar-refractivity contribution < 1.29 is 5.11 Å². The highest BCUT2D eigenvalue weighted by Gasteiger charge is 2.18. The van der Waals surface area contributed by atoms with E-state index in [-0.39, 0.29) is 6.61 Å². The third kappa shape index (κ3) is 6.14. The molecule has 0 aromatic heterocycles. The van der Waals surface area contributed by atoms with Gasteiger partial charge >= 0.3 is 0 Å². The Morgan fingerprint density at radius 3 is 2.28 bits per heavy atom. The van der Waals surface area contributed by atoms with Gasteiger partial charge in [-0.1, -0.05) is 13.8 Å². The summed E-state index contributed by atoms with van der Waals surface area (Å²) in [6.45, 7) is 12.9. The third-order valence-electron chi connectivity index (χ3n) is 3.64. The van der Waals surface area contributed by atoms with Crippen LogP contribution in [0.5, 0.6) is 0 Å². The van der Waals surface area contributed by atoms with E-state index in [0.29, 0.717) is 6.04 Å². The normalized spacial score (nSPS) is 20.2. The SMILES string of the molecule is CCCNC(CCO)CN1CCN(CCC)CC1. The Hall–Kier alpha value is -0.160. The minimum atomic E-state index is 0.289. The van der Waals surface area contributed by atoms with Crippen LogP contribution in [0.1, 0.15) is 33.1 Å². The van der Waals surface area contributed by atoms with Gasteiger partial charge in [-0.3, -0.25) is 4.90 Å². The van der Waals surface area contributed by atoms with Crippen LogP contribution < -0.4 is 5.32 Å². The molecule has 1 unspecified atom stereocenters. The van der Waals surface area contributed by atoms with Crippen LogP contribution in [0.3, 0.4) is 0 Å². The molecule has 1 heterocycles. The number of nitrogens with zero attached hydrogens (tertiary/aromatic N) is 2. The summed E-state index contributed by atoms with van der Waals surface area (Å²) in [5.41, 5.74) is 0. The first-order valence-corrected chi connectivity index (χ1v) is 7.59. The molecule has 18 heavy (non-hydrogen) atoms. The standard InChI is InChI=1S/C14H31N3O/c1-3-6-15-14(5-12-18)13-17-10-8-16(7-4-2)9-11-17/h14-15,18H,3-13H2,1-2H3. The summed E-state index contributed by atoms with van der Waals surface area (Å²) in [4.78, 5) is 5.09. The second kappa shape index (κ2) is 9.73. The van der Waals surface area contributed by atoms with Crippen molar-refractivity contribution in [3.63, 3.8) is 0 Å². The molecule has 2 N–H and O–H groups in total. The van der Waals surface area contributed by atoms with Crippen LogP contribution in [0, 0.1) is 0 Å². The van der Waals surface area contributed by atoms with Crippen LogP contribution in [-0.4, -0.2) is 73.4 Å². The molecule has 0 aromatic rings. The summed E-state index contributed by atoms with van der Waals surface area (Å²) >= 11 is 0. The summed E-state index contributed by atoms with van der Waals surface area (Å²) < 4.78 is 0. The lowest BCUT2D eigenvalue weighted by atomic mass is 10.1. The van der Waals surface area contributed by atoms with Crippen LogP contribution in [-0.2, 0) is 0 Å². The third-order valence-corrected chi connectivity index (χ3v) is 3.64. The molecule has 0 amide bonds. The van der Waals surface area contributed by atoms with E-state index < -0.39 is 0 Å². The summed E-state index contributed by atoms with van der Waals surface area (Å²) in [6, 6.07) is 0.452. The van der Waals surface area contributed by atoms with Gasteiger partial charge in [0.25, 0.3) is 0 Å². The molecular formula is C14H31N3O. The van der Waals surface area contributed by atoms with Crippen LogP contribution in [0.15, 0.2) is 0 Å². The molecule has 0 bridgehead atoms. The smallest absolute Gasteiger partial charge is 0.0446 e. The Labute approximate surface area is 112 Å². The second-order valence-corrected chi connectivity index (χ2v) is 5.31. The van der Waals surface area contributed by atoms with Crippen molar-refractivity contribution in [2.24, 2.45) is 0 Å². The van der Waals surface area contributed by atoms with Crippen molar-refractivity contribution in [1.29, 1.82) is 0 Å². The fraction of sp³-hybridized carbons (Fsp3) is 1.00. The molecule has 1 saturated heterocycles. The Kier molecular flexibility index (Phi) is 8.59. The highest BCUT2D eigenvalue weighted by molar-refractivity contribution is 4.77. The lowest BCUT2D eigenvalue weighted by molar-refractivity contribution is 0.118. The first kappa shape index (κ1) is 15.9. The number of piperazine rings is 1. The van der Waals surface area contributed by atoms with E-state index in [1.807, 2.05) is 0 Å². The van der Waals surface area contributed by atoms with Gasteiger partial charge in [-0.2, -0.15) is 0 Å². The zero-order chi connectivity index (χ0) is 13.2. The van der Waals surface area contributed by atoms with Crippen molar-refractivity contribution in [2.75, 3.05) is 52.4 Å². The predicted molar refractivity (Wildman–Crippen MR) is 77.0 cm³/mol. The van der Waals surface area contributed by atoms with E-state index in [2.05, 4.69) is 29.0 Å². The number of nitrogens with one attached hydrogen (secondary N) is 1. The van der Waals surface area contributed by atoms with E-state index in [9.17, 15) is 0 Å². The summed E-state index contributed by atoms with van der Waals surface area (Å²) in [5.74, 6) is 0. The molecule has 4 nitrogen and oxygen atoms in total. The summed E-state index contributed by atoms with van der Waals surface area (Å²) in [6.07, 6.45) is 3.28. The van der Waals surface area contributed by atoms with Gasteiger partial charge in [0.15, 0.2) is 0 Å². The van der Waals surface area contributed by atoms with E-state index in [1.165, 1.54) is 39.1 Å². The maximum atomic E-state index is 9.11. The molecule has 0 spiro atoms. The number of aliphatic hydroxyl groups is 1. The zero-order valence-corrected chi connectivity index (χ0v) is 12.2. The number of aliphatic hydroxyl groups excluding tert-OH is 1. The first-order chi connectivity index (χ1) is 8.80. The maximum Gasteiger partial charge on any atom is 0.0446 e. The molecule has 4 heteroatoms. The highest BCUT2D eigenvalue weighted by atomic mass is 16.3. The Balaban J connectivity index is 2.23. The molecule has 1 fully saturated rings. The van der Waals surface area contributed by atoms with Gasteiger partial charge in [0.1, 0.15) is 0 Å². The predicted octanol–water partition coefficient (Wildman–Crippen LogP) is 0.765. The lowest BCUT2D eigenvalue weighted by Gasteiger charge is -2.36. The topological polar surface area (TPSA) is 38.7 Å². The number of hydrogen-bond acceptors (Lipinski definition) is 4. The minimum absolute atomic E-state index is 0.289. The largest absolute Gasteiger partial charge is 0.396 e. The quantitative estimate of drug-likeness (QED) is 0.640.